The summed E-state index contributed by atoms with van der Waals surface area (Å²) in [4.78, 5) is 18.2. The highest BCUT2D eigenvalue weighted by atomic mass is 19.1. The van der Waals surface area contributed by atoms with E-state index in [1.54, 1.807) is 12.3 Å². The Kier molecular flexibility index (Phi) is 4.52. The van der Waals surface area contributed by atoms with Crippen LogP contribution in [0.3, 0.4) is 0 Å². The van der Waals surface area contributed by atoms with E-state index in [4.69, 9.17) is 0 Å². The van der Waals surface area contributed by atoms with Gasteiger partial charge < -0.3 is 15.5 Å². The Hall–Kier alpha value is -2.48. The molecule has 122 valence electrons. The van der Waals surface area contributed by atoms with Crippen molar-refractivity contribution in [2.45, 2.75) is 19.5 Å². The fourth-order valence-corrected chi connectivity index (χ4v) is 2.50. The molecule has 2 N–H and O–H groups in total. The van der Waals surface area contributed by atoms with Crippen LogP contribution in [0.2, 0.25) is 0 Å². The molecule has 3 heterocycles. The van der Waals surface area contributed by atoms with E-state index in [1.165, 1.54) is 10.9 Å². The van der Waals surface area contributed by atoms with Gasteiger partial charge in [-0.05, 0) is 18.6 Å². The first-order valence-electron chi connectivity index (χ1n) is 7.54. The maximum absolute atomic E-state index is 12.9. The normalized spacial score (nSPS) is 18.0. The number of aromatic nitrogens is 3. The van der Waals surface area contributed by atoms with Crippen molar-refractivity contribution in [3.8, 4) is 5.82 Å². The molecule has 0 radical (unpaired) electrons. The van der Waals surface area contributed by atoms with Crippen LogP contribution < -0.4 is 10.6 Å². The lowest BCUT2D eigenvalue weighted by atomic mass is 10.2. The van der Waals surface area contributed by atoms with Crippen molar-refractivity contribution >= 4 is 6.03 Å². The molecule has 2 amide bonds. The van der Waals surface area contributed by atoms with E-state index in [0.717, 1.165) is 24.8 Å². The van der Waals surface area contributed by atoms with Crippen LogP contribution in [0.1, 0.15) is 12.5 Å². The molecule has 8 heteroatoms. The zero-order valence-corrected chi connectivity index (χ0v) is 12.9. The van der Waals surface area contributed by atoms with Gasteiger partial charge >= 0.3 is 6.03 Å². The molecular weight excluding hydrogens is 299 g/mol. The van der Waals surface area contributed by atoms with Gasteiger partial charge in [0.15, 0.2) is 11.6 Å². The van der Waals surface area contributed by atoms with Crippen molar-refractivity contribution in [1.82, 2.24) is 30.3 Å². The number of nitrogens with zero attached hydrogens (tertiary/aromatic N) is 4. The summed E-state index contributed by atoms with van der Waals surface area (Å²) in [6, 6.07) is 3.68. The van der Waals surface area contributed by atoms with E-state index in [-0.39, 0.29) is 12.1 Å². The van der Waals surface area contributed by atoms with Gasteiger partial charge in [-0.3, -0.25) is 0 Å². The number of piperazine rings is 1. The second-order valence-corrected chi connectivity index (χ2v) is 5.53. The van der Waals surface area contributed by atoms with E-state index in [9.17, 15) is 9.18 Å². The van der Waals surface area contributed by atoms with Crippen LogP contribution in [0.25, 0.3) is 5.82 Å². The van der Waals surface area contributed by atoms with Gasteiger partial charge in [-0.15, -0.1) is 0 Å². The number of carbonyl (C=O) groups is 1. The number of urea groups is 1. The van der Waals surface area contributed by atoms with Gasteiger partial charge in [-0.25, -0.2) is 18.9 Å². The molecule has 0 aliphatic carbocycles. The maximum Gasteiger partial charge on any atom is 0.317 e. The summed E-state index contributed by atoms with van der Waals surface area (Å²) >= 11 is 0. The van der Waals surface area contributed by atoms with Crippen LogP contribution in [0.5, 0.6) is 0 Å². The van der Waals surface area contributed by atoms with Gasteiger partial charge in [0.1, 0.15) is 0 Å². The Morgan fingerprint density at radius 3 is 3.00 bits per heavy atom. The van der Waals surface area contributed by atoms with Crippen molar-refractivity contribution in [1.29, 1.82) is 0 Å². The number of hydrogen-bond donors (Lipinski definition) is 2. The second-order valence-electron chi connectivity index (χ2n) is 5.53. The minimum atomic E-state index is -0.409. The van der Waals surface area contributed by atoms with Gasteiger partial charge in [0.05, 0.1) is 12.4 Å². The number of carbonyl (C=O) groups excluding carboxylic acids is 1. The molecule has 2 aromatic heterocycles. The minimum absolute atomic E-state index is 0.0720. The molecule has 1 aliphatic rings. The Balaban J connectivity index is 1.57. The number of halogens is 1. The second kappa shape index (κ2) is 6.74. The predicted molar refractivity (Wildman–Crippen MR) is 82.6 cm³/mol. The first kappa shape index (κ1) is 15.4. The lowest BCUT2D eigenvalue weighted by Gasteiger charge is -2.33. The molecule has 23 heavy (non-hydrogen) atoms. The molecule has 7 nitrogen and oxygen atoms in total. The molecule has 0 saturated carbocycles. The van der Waals surface area contributed by atoms with E-state index in [0.29, 0.717) is 18.9 Å². The van der Waals surface area contributed by atoms with Crippen molar-refractivity contribution in [3.05, 3.63) is 42.1 Å². The molecule has 0 spiro atoms. The number of rotatable bonds is 3. The summed E-state index contributed by atoms with van der Waals surface area (Å²) in [5.41, 5.74) is 0.873. The van der Waals surface area contributed by atoms with E-state index < -0.39 is 5.82 Å². The van der Waals surface area contributed by atoms with Crippen LogP contribution >= 0.6 is 0 Å². The highest BCUT2D eigenvalue weighted by molar-refractivity contribution is 5.74. The van der Waals surface area contributed by atoms with Gasteiger partial charge in [-0.1, -0.05) is 6.07 Å². The monoisotopic (exact) mass is 318 g/mol. The lowest BCUT2D eigenvalue weighted by Crippen LogP contribution is -2.55. The zero-order valence-electron chi connectivity index (χ0n) is 12.9. The third-order valence-electron chi connectivity index (χ3n) is 3.80. The third kappa shape index (κ3) is 3.65. The van der Waals surface area contributed by atoms with Crippen LogP contribution in [-0.2, 0) is 6.54 Å². The molecular formula is C15H19FN6O. The summed E-state index contributed by atoms with van der Waals surface area (Å²) in [6.45, 7) is 4.75. The fraction of sp³-hybridized carbons (Fsp3) is 0.400. The van der Waals surface area contributed by atoms with Crippen molar-refractivity contribution < 1.29 is 9.18 Å². The summed E-state index contributed by atoms with van der Waals surface area (Å²) in [6.07, 6.45) is 4.04. The highest BCUT2D eigenvalue weighted by Gasteiger charge is 2.22. The number of pyridine rings is 1. The molecule has 1 saturated heterocycles. The number of nitrogens with one attached hydrogen (secondary N) is 2. The van der Waals surface area contributed by atoms with Crippen LogP contribution in [0, 0.1) is 5.82 Å². The van der Waals surface area contributed by atoms with Gasteiger partial charge in [0.2, 0.25) is 0 Å². The zero-order chi connectivity index (χ0) is 16.2. The average molecular weight is 318 g/mol. The average Bonchev–Trinajstić information content (AvgIpc) is 3.00. The topological polar surface area (TPSA) is 75.1 Å². The minimum Gasteiger partial charge on any atom is -0.334 e. The van der Waals surface area contributed by atoms with Gasteiger partial charge in [0, 0.05) is 38.4 Å². The molecule has 0 aromatic carbocycles. The van der Waals surface area contributed by atoms with Crippen molar-refractivity contribution in [3.63, 3.8) is 0 Å². The molecule has 1 atom stereocenters. The molecule has 2 aromatic rings. The van der Waals surface area contributed by atoms with Gasteiger partial charge in [-0.2, -0.15) is 5.10 Å². The molecule has 1 fully saturated rings. The smallest absolute Gasteiger partial charge is 0.317 e. The SMILES string of the molecule is CC1CNCCN1C(=O)NCc1ccc(-n2cc(F)cn2)nc1. The van der Waals surface area contributed by atoms with Gasteiger partial charge in [0.25, 0.3) is 0 Å². The van der Waals surface area contributed by atoms with Crippen molar-refractivity contribution in [2.75, 3.05) is 19.6 Å². The first-order valence-corrected chi connectivity index (χ1v) is 7.54. The Morgan fingerprint density at radius 2 is 2.35 bits per heavy atom. The quantitative estimate of drug-likeness (QED) is 0.882. The highest BCUT2D eigenvalue weighted by Crippen LogP contribution is 2.07. The van der Waals surface area contributed by atoms with Crippen LogP contribution in [-0.4, -0.2) is 51.4 Å². The predicted octanol–water partition coefficient (Wildman–Crippen LogP) is 0.910. The van der Waals surface area contributed by atoms with Crippen LogP contribution in [0.15, 0.2) is 30.7 Å². The molecule has 3 rings (SSSR count). The fourth-order valence-electron chi connectivity index (χ4n) is 2.50. The van der Waals surface area contributed by atoms with E-state index in [1.807, 2.05) is 17.9 Å². The Morgan fingerprint density at radius 1 is 1.48 bits per heavy atom. The lowest BCUT2D eigenvalue weighted by molar-refractivity contribution is 0.164. The summed E-state index contributed by atoms with van der Waals surface area (Å²) in [7, 11) is 0. The maximum atomic E-state index is 12.9. The number of hydrogen-bond acceptors (Lipinski definition) is 4. The van der Waals surface area contributed by atoms with E-state index >= 15 is 0 Å². The summed E-state index contributed by atoms with van der Waals surface area (Å²) < 4.78 is 14.3. The largest absolute Gasteiger partial charge is 0.334 e. The van der Waals surface area contributed by atoms with Crippen LogP contribution in [0.4, 0.5) is 9.18 Å². The molecule has 0 bridgehead atoms. The number of amides is 2. The molecule has 1 unspecified atom stereocenters. The van der Waals surface area contributed by atoms with Crippen molar-refractivity contribution in [2.24, 2.45) is 0 Å². The Labute approximate surface area is 133 Å². The Bertz CT molecular complexity index is 671. The first-order chi connectivity index (χ1) is 11.1. The summed E-state index contributed by atoms with van der Waals surface area (Å²) in [5.74, 6) is 0.119. The molecule has 1 aliphatic heterocycles. The summed E-state index contributed by atoms with van der Waals surface area (Å²) in [5, 5.41) is 10.0. The third-order valence-corrected chi connectivity index (χ3v) is 3.80. The standard InChI is InChI=1S/C15H19FN6O/c1-11-6-17-4-5-21(11)15(23)19-8-12-2-3-14(18-7-12)22-10-13(16)9-20-22/h2-3,7,9-11,17H,4-6,8H2,1H3,(H,19,23). The van der Waals surface area contributed by atoms with E-state index in [2.05, 4.69) is 20.7 Å².